The van der Waals surface area contributed by atoms with Crippen molar-refractivity contribution in [3.63, 3.8) is 0 Å². The van der Waals surface area contributed by atoms with Gasteiger partial charge >= 0.3 is 57.9 Å². The van der Waals surface area contributed by atoms with Crippen LogP contribution in [0.25, 0.3) is 0 Å². The van der Waals surface area contributed by atoms with Gasteiger partial charge in [-0.2, -0.15) is 8.42 Å². The molecule has 43 heavy (non-hydrogen) atoms. The fraction of sp³-hybridized carbons (Fsp3) is 0.367. The second-order valence-corrected chi connectivity index (χ2v) is 12.4. The number of nitrogens with zero attached hydrogens (tertiary/aromatic N) is 2. The molecule has 1 aliphatic heterocycles. The van der Waals surface area contributed by atoms with Crippen LogP contribution in [-0.4, -0.2) is 83.7 Å². The molecule has 226 valence electrons. The average molecular weight is 622 g/mol. The summed E-state index contributed by atoms with van der Waals surface area (Å²) in [7, 11) is -4.58. The Hall–Kier alpha value is -3.32. The number of carbonyl (C=O) groups excluding carboxylic acids is 3. The molecule has 4 rings (SSSR count). The number of hydrogen-bond acceptors (Lipinski definition) is 8. The minimum atomic E-state index is -4.58. The van der Waals surface area contributed by atoms with Gasteiger partial charge in [0.2, 0.25) is 0 Å². The molecule has 0 radical (unpaired) electrons. The number of piperidine rings is 1. The van der Waals surface area contributed by atoms with Crippen LogP contribution in [0.3, 0.4) is 0 Å². The summed E-state index contributed by atoms with van der Waals surface area (Å²) in [4.78, 5) is 39.9. The molecule has 0 saturated carbocycles. The van der Waals surface area contributed by atoms with Crippen LogP contribution in [0.15, 0.2) is 72.9 Å². The number of rotatable bonds is 8. The van der Waals surface area contributed by atoms with E-state index in [0.717, 1.165) is 5.56 Å². The molecule has 2 heterocycles. The molecule has 3 aromatic rings. The number of benzene rings is 2. The van der Waals surface area contributed by atoms with Crippen molar-refractivity contribution in [1.29, 1.82) is 0 Å². The quantitative estimate of drug-likeness (QED) is 0.223. The Morgan fingerprint density at radius 2 is 1.40 bits per heavy atom. The van der Waals surface area contributed by atoms with Gasteiger partial charge in [-0.3, -0.25) is 0 Å². The topological polar surface area (TPSA) is 133 Å². The van der Waals surface area contributed by atoms with Crippen molar-refractivity contribution < 1.29 is 37.0 Å². The number of aromatic nitrogens is 1. The fourth-order valence-electron chi connectivity index (χ4n) is 4.56. The van der Waals surface area contributed by atoms with Gasteiger partial charge in [0.15, 0.2) is 0 Å². The van der Waals surface area contributed by atoms with Crippen molar-refractivity contribution in [2.45, 2.75) is 58.3 Å². The van der Waals surface area contributed by atoms with Crippen LogP contribution in [0.1, 0.15) is 66.7 Å². The summed E-state index contributed by atoms with van der Waals surface area (Å²) in [5, 5.41) is 0. The third-order valence-corrected chi connectivity index (χ3v) is 7.81. The monoisotopic (exact) mass is 621 g/mol. The molecule has 2 aromatic carbocycles. The number of nitrogens with one attached hydrogen (secondary N) is 1. The third kappa shape index (κ3) is 9.59. The first-order valence-corrected chi connectivity index (χ1v) is 15.0. The van der Waals surface area contributed by atoms with Crippen molar-refractivity contribution >= 4 is 57.9 Å². The average Bonchev–Trinajstić information content (AvgIpc) is 3.42. The number of hydrogen-bond donors (Lipinski definition) is 1. The zero-order valence-electron chi connectivity index (χ0n) is 23.8. The van der Waals surface area contributed by atoms with Gasteiger partial charge < -0.3 is 19.1 Å². The van der Waals surface area contributed by atoms with Crippen molar-refractivity contribution in [3.05, 3.63) is 95.3 Å². The molecule has 1 N–H and O–H groups in total. The molecule has 1 aliphatic rings. The molecule has 1 fully saturated rings. The first kappa shape index (κ1) is 34.2. The second kappa shape index (κ2) is 14.9. The van der Waals surface area contributed by atoms with Crippen LogP contribution in [-0.2, 0) is 37.6 Å². The number of amides is 2. The molecular weight excluding hydrogens is 585 g/mol. The molecule has 0 bridgehead atoms. The molecule has 0 aliphatic carbocycles. The molecule has 0 atom stereocenters. The zero-order chi connectivity index (χ0) is 30.3. The number of esters is 1. The maximum atomic E-state index is 13.4. The Morgan fingerprint density at radius 1 is 0.860 bits per heavy atom. The second-order valence-electron chi connectivity index (χ2n) is 10.9. The van der Waals surface area contributed by atoms with Crippen molar-refractivity contribution in [1.82, 2.24) is 13.6 Å². The van der Waals surface area contributed by atoms with Crippen LogP contribution < -0.4 is 4.72 Å². The van der Waals surface area contributed by atoms with E-state index >= 15 is 0 Å². The summed E-state index contributed by atoms with van der Waals surface area (Å²) in [6.07, 6.45) is 0.524. The summed E-state index contributed by atoms with van der Waals surface area (Å²) in [5.41, 5.74) is 0.993. The Morgan fingerprint density at radius 3 is 1.93 bits per heavy atom. The van der Waals surface area contributed by atoms with Gasteiger partial charge in [0, 0.05) is 19.3 Å². The summed E-state index contributed by atoms with van der Waals surface area (Å²) in [6.45, 7) is 5.88. The van der Waals surface area contributed by atoms with E-state index in [-0.39, 0.29) is 54.4 Å². The van der Waals surface area contributed by atoms with Gasteiger partial charge in [-0.1, -0.05) is 60.7 Å². The molecule has 13 heteroatoms. The molecule has 11 nitrogen and oxygen atoms in total. The Bertz CT molecular complexity index is 1500. The molecule has 1 saturated heterocycles. The molecule has 0 spiro atoms. The predicted octanol–water partition coefficient (Wildman–Crippen LogP) is 4.33. The number of likely N-dealkylation sites (tertiary alicyclic amines) is 1. The van der Waals surface area contributed by atoms with Crippen LogP contribution in [0.2, 0.25) is 0 Å². The van der Waals surface area contributed by atoms with Gasteiger partial charge in [-0.05, 0) is 62.3 Å². The fourth-order valence-corrected chi connectivity index (χ4v) is 5.57. The van der Waals surface area contributed by atoms with E-state index < -0.39 is 34.0 Å². The van der Waals surface area contributed by atoms with E-state index in [4.69, 9.17) is 14.2 Å². The van der Waals surface area contributed by atoms with Crippen LogP contribution in [0.4, 0.5) is 9.59 Å². The van der Waals surface area contributed by atoms with Crippen molar-refractivity contribution in [2.75, 3.05) is 13.1 Å². The first-order chi connectivity index (χ1) is 19.9. The minimum absolute atomic E-state index is 0. The SMILES string of the molecule is CC(C)(C)OC(=O)N1CCC(c2ccn(S(=O)(=O)NC(=O)OCc3ccccc3)c2C(=O)OCc2ccccc2)CC1.[NaH]. The van der Waals surface area contributed by atoms with E-state index in [1.54, 1.807) is 80.3 Å². The van der Waals surface area contributed by atoms with Crippen molar-refractivity contribution in [2.24, 2.45) is 0 Å². The number of ether oxygens (including phenoxy) is 3. The predicted molar refractivity (Wildman–Crippen MR) is 161 cm³/mol. The van der Waals surface area contributed by atoms with Crippen LogP contribution in [0, 0.1) is 0 Å². The van der Waals surface area contributed by atoms with Crippen LogP contribution in [0.5, 0.6) is 0 Å². The first-order valence-electron chi connectivity index (χ1n) is 13.6. The maximum absolute atomic E-state index is 13.4. The standard InChI is InChI=1S/C30H35N3O8S.Na.H/c1-30(2,3)41-29(36)32-17-14-24(15-18-32)25-16-19-33(26(25)27(34)39-20-22-10-6-4-7-11-22)42(37,38)31-28(35)40-21-23-12-8-5-9-13-23;;/h4-13,16,19,24H,14-15,17-18,20-21H2,1-3H3,(H,31,35);;. The van der Waals surface area contributed by atoms with Gasteiger partial charge in [0.25, 0.3) is 0 Å². The summed E-state index contributed by atoms with van der Waals surface area (Å²) in [6, 6.07) is 19.3. The number of carbonyl (C=O) groups is 3. The molecule has 1 aromatic heterocycles. The third-order valence-electron chi connectivity index (χ3n) is 6.56. The molecular formula is C30H36N3NaO8S. The van der Waals surface area contributed by atoms with E-state index in [9.17, 15) is 22.8 Å². The van der Waals surface area contributed by atoms with Gasteiger partial charge in [0.1, 0.15) is 24.5 Å². The normalized spacial score (nSPS) is 13.9. The summed E-state index contributed by atoms with van der Waals surface area (Å²) in [5.74, 6) is -1.11. The van der Waals surface area contributed by atoms with E-state index in [1.807, 2.05) is 10.8 Å². The van der Waals surface area contributed by atoms with Crippen molar-refractivity contribution in [3.8, 4) is 0 Å². The van der Waals surface area contributed by atoms with Gasteiger partial charge in [-0.25, -0.2) is 23.1 Å². The van der Waals surface area contributed by atoms with E-state index in [1.165, 1.54) is 12.3 Å². The molecule has 0 unspecified atom stereocenters. The van der Waals surface area contributed by atoms with Gasteiger partial charge in [-0.15, -0.1) is 0 Å². The summed E-state index contributed by atoms with van der Waals surface area (Å²) < 4.78 is 45.2. The van der Waals surface area contributed by atoms with E-state index in [2.05, 4.69) is 0 Å². The zero-order valence-corrected chi connectivity index (χ0v) is 24.6. The Balaban J connectivity index is 0.00000506. The Labute approximate surface area is 274 Å². The van der Waals surface area contributed by atoms with E-state index in [0.29, 0.717) is 41.0 Å². The summed E-state index contributed by atoms with van der Waals surface area (Å²) >= 11 is 0. The van der Waals surface area contributed by atoms with Gasteiger partial charge in [0.05, 0.1) is 0 Å². The Kier molecular flexibility index (Phi) is 11.9. The molecule has 2 amide bonds. The van der Waals surface area contributed by atoms with Crippen LogP contribution >= 0.6 is 0 Å².